The van der Waals surface area contributed by atoms with Crippen LogP contribution in [0.3, 0.4) is 0 Å². The van der Waals surface area contributed by atoms with Crippen LogP contribution in [0, 0.1) is 0 Å². The molecule has 0 aliphatic heterocycles. The van der Waals surface area contributed by atoms with E-state index in [1.165, 1.54) is 16.7 Å². The van der Waals surface area contributed by atoms with Crippen molar-refractivity contribution < 1.29 is 0 Å². The van der Waals surface area contributed by atoms with Gasteiger partial charge >= 0.3 is 0 Å². The Morgan fingerprint density at radius 1 is 1.57 bits per heavy atom. The third-order valence-electron chi connectivity index (χ3n) is 2.19. The van der Waals surface area contributed by atoms with E-state index in [-0.39, 0.29) is 0 Å². The van der Waals surface area contributed by atoms with Gasteiger partial charge in [0, 0.05) is 18.9 Å². The summed E-state index contributed by atoms with van der Waals surface area (Å²) in [5.74, 6) is 0. The minimum absolute atomic E-state index is 0.612. The first kappa shape index (κ1) is 10.9. The number of nitrogens with two attached hydrogens (primary N) is 1. The van der Waals surface area contributed by atoms with Gasteiger partial charge in [-0.05, 0) is 30.5 Å². The van der Waals surface area contributed by atoms with Gasteiger partial charge in [-0.15, -0.1) is 0 Å². The molecular weight excluding hydrogens is 172 g/mol. The third kappa shape index (κ3) is 2.96. The minimum atomic E-state index is 0.612. The van der Waals surface area contributed by atoms with Crippen LogP contribution >= 0.6 is 0 Å². The number of pyridine rings is 1. The highest BCUT2D eigenvalue weighted by molar-refractivity contribution is 5.55. The molecule has 1 aromatic rings. The highest BCUT2D eigenvalue weighted by atomic mass is 14.6. The van der Waals surface area contributed by atoms with E-state index in [9.17, 15) is 0 Å². The van der Waals surface area contributed by atoms with Crippen molar-refractivity contribution in [2.45, 2.75) is 26.7 Å². The lowest BCUT2D eigenvalue weighted by Crippen LogP contribution is -2.00. The van der Waals surface area contributed by atoms with Gasteiger partial charge in [0.1, 0.15) is 0 Å². The lowest BCUT2D eigenvalue weighted by atomic mass is 10.0. The highest BCUT2D eigenvalue weighted by Gasteiger charge is 1.98. The van der Waals surface area contributed by atoms with Crippen LogP contribution in [-0.2, 0) is 6.42 Å². The first-order valence-corrected chi connectivity index (χ1v) is 5.08. The lowest BCUT2D eigenvalue weighted by molar-refractivity contribution is 0.915. The Bertz CT molecular complexity index is 316. The fourth-order valence-electron chi connectivity index (χ4n) is 1.39. The zero-order valence-corrected chi connectivity index (χ0v) is 8.96. The quantitative estimate of drug-likeness (QED) is 0.791. The van der Waals surface area contributed by atoms with Crippen LogP contribution in [0.15, 0.2) is 24.0 Å². The van der Waals surface area contributed by atoms with E-state index in [1.807, 2.05) is 19.3 Å². The van der Waals surface area contributed by atoms with Gasteiger partial charge in [0.05, 0.1) is 0 Å². The minimum Gasteiger partial charge on any atom is -0.327 e. The molecule has 2 N–H and O–H groups in total. The van der Waals surface area contributed by atoms with Crippen molar-refractivity contribution in [1.82, 2.24) is 4.98 Å². The number of rotatable bonds is 4. The maximum Gasteiger partial charge on any atom is 0.0343 e. The van der Waals surface area contributed by atoms with Crippen molar-refractivity contribution in [2.24, 2.45) is 5.73 Å². The van der Waals surface area contributed by atoms with Crippen molar-refractivity contribution >= 4 is 6.08 Å². The molecule has 0 aromatic carbocycles. The van der Waals surface area contributed by atoms with Crippen LogP contribution in [-0.4, -0.2) is 11.5 Å². The van der Waals surface area contributed by atoms with Crippen molar-refractivity contribution in [3.63, 3.8) is 0 Å². The maximum atomic E-state index is 5.56. The van der Waals surface area contributed by atoms with E-state index in [2.05, 4.69) is 24.1 Å². The first-order valence-electron chi connectivity index (χ1n) is 5.08. The molecule has 0 bridgehead atoms. The Balaban J connectivity index is 2.95. The number of aromatic nitrogens is 1. The van der Waals surface area contributed by atoms with Crippen LogP contribution in [0.5, 0.6) is 0 Å². The molecule has 0 fully saturated rings. The summed E-state index contributed by atoms with van der Waals surface area (Å²) >= 11 is 0. The molecule has 0 aliphatic rings. The predicted molar refractivity (Wildman–Crippen MR) is 60.9 cm³/mol. The fourth-order valence-corrected chi connectivity index (χ4v) is 1.39. The smallest absolute Gasteiger partial charge is 0.0343 e. The van der Waals surface area contributed by atoms with E-state index in [4.69, 9.17) is 5.73 Å². The van der Waals surface area contributed by atoms with E-state index in [1.54, 1.807) is 0 Å². The SMILES string of the molecule is CCCc1ccncc1/C=C(\C)CN. The van der Waals surface area contributed by atoms with Gasteiger partial charge in [0.15, 0.2) is 0 Å². The number of hydrogen-bond donors (Lipinski definition) is 1. The summed E-state index contributed by atoms with van der Waals surface area (Å²) in [6, 6.07) is 2.08. The molecule has 14 heavy (non-hydrogen) atoms. The summed E-state index contributed by atoms with van der Waals surface area (Å²) in [4.78, 5) is 4.13. The Morgan fingerprint density at radius 2 is 2.36 bits per heavy atom. The average molecular weight is 190 g/mol. The molecule has 2 nitrogen and oxygen atoms in total. The molecule has 1 heterocycles. The molecule has 0 unspecified atom stereocenters. The van der Waals surface area contributed by atoms with Gasteiger partial charge < -0.3 is 5.73 Å². The van der Waals surface area contributed by atoms with Crippen LogP contribution < -0.4 is 5.73 Å². The van der Waals surface area contributed by atoms with Crippen LogP contribution in [0.2, 0.25) is 0 Å². The molecule has 0 amide bonds. The molecular formula is C12H18N2. The molecule has 0 saturated carbocycles. The number of aryl methyl sites for hydroxylation is 1. The summed E-state index contributed by atoms with van der Waals surface area (Å²) in [6.45, 7) is 4.84. The predicted octanol–water partition coefficient (Wildman–Crippen LogP) is 2.40. The van der Waals surface area contributed by atoms with Crippen molar-refractivity contribution in [2.75, 3.05) is 6.54 Å². The summed E-state index contributed by atoms with van der Waals surface area (Å²) in [7, 11) is 0. The van der Waals surface area contributed by atoms with Crippen LogP contribution in [0.4, 0.5) is 0 Å². The van der Waals surface area contributed by atoms with E-state index >= 15 is 0 Å². The molecule has 0 saturated heterocycles. The highest BCUT2D eigenvalue weighted by Crippen LogP contribution is 2.13. The largest absolute Gasteiger partial charge is 0.327 e. The van der Waals surface area contributed by atoms with Gasteiger partial charge in [0.25, 0.3) is 0 Å². The average Bonchev–Trinajstić information content (AvgIpc) is 2.21. The molecule has 0 spiro atoms. The van der Waals surface area contributed by atoms with Gasteiger partial charge in [-0.1, -0.05) is 25.0 Å². The summed E-state index contributed by atoms with van der Waals surface area (Å²) < 4.78 is 0. The normalized spacial score (nSPS) is 11.8. The van der Waals surface area contributed by atoms with Crippen molar-refractivity contribution in [3.8, 4) is 0 Å². The Kier molecular flexibility index (Phi) is 4.33. The second kappa shape index (κ2) is 5.55. The number of nitrogens with zero attached hydrogens (tertiary/aromatic N) is 1. The molecule has 76 valence electrons. The van der Waals surface area contributed by atoms with E-state index in [0.29, 0.717) is 6.54 Å². The molecule has 1 aromatic heterocycles. The fraction of sp³-hybridized carbons (Fsp3) is 0.417. The molecule has 0 atom stereocenters. The maximum absolute atomic E-state index is 5.56. The van der Waals surface area contributed by atoms with Gasteiger partial charge in [-0.25, -0.2) is 0 Å². The lowest BCUT2D eigenvalue weighted by Gasteiger charge is -2.04. The van der Waals surface area contributed by atoms with Crippen LogP contribution in [0.25, 0.3) is 6.08 Å². The summed E-state index contributed by atoms with van der Waals surface area (Å²) in [5.41, 5.74) is 9.31. The van der Waals surface area contributed by atoms with E-state index < -0.39 is 0 Å². The van der Waals surface area contributed by atoms with E-state index in [0.717, 1.165) is 12.8 Å². The van der Waals surface area contributed by atoms with Crippen molar-refractivity contribution in [3.05, 3.63) is 35.2 Å². The molecule has 1 rings (SSSR count). The first-order chi connectivity index (χ1) is 6.77. The molecule has 0 aliphatic carbocycles. The van der Waals surface area contributed by atoms with Gasteiger partial charge in [-0.3, -0.25) is 4.98 Å². The second-order valence-electron chi connectivity index (χ2n) is 3.52. The standard InChI is InChI=1S/C12H18N2/c1-3-4-11-5-6-14-9-12(11)7-10(2)8-13/h5-7,9H,3-4,8,13H2,1-2H3/b10-7+. The third-order valence-corrected chi connectivity index (χ3v) is 2.19. The number of hydrogen-bond acceptors (Lipinski definition) is 2. The van der Waals surface area contributed by atoms with Gasteiger partial charge in [-0.2, -0.15) is 0 Å². The molecule has 2 heteroatoms. The Labute approximate surface area is 85.9 Å². The van der Waals surface area contributed by atoms with Crippen molar-refractivity contribution in [1.29, 1.82) is 0 Å². The monoisotopic (exact) mass is 190 g/mol. The van der Waals surface area contributed by atoms with Crippen LogP contribution in [0.1, 0.15) is 31.4 Å². The zero-order chi connectivity index (χ0) is 10.4. The summed E-state index contributed by atoms with van der Waals surface area (Å²) in [5, 5.41) is 0. The topological polar surface area (TPSA) is 38.9 Å². The second-order valence-corrected chi connectivity index (χ2v) is 3.52. The Hall–Kier alpha value is -1.15. The Morgan fingerprint density at radius 3 is 3.00 bits per heavy atom. The summed E-state index contributed by atoms with van der Waals surface area (Å²) in [6.07, 6.45) is 8.14. The zero-order valence-electron chi connectivity index (χ0n) is 8.96. The molecule has 0 radical (unpaired) electrons. The van der Waals surface area contributed by atoms with Gasteiger partial charge in [0.2, 0.25) is 0 Å².